The summed E-state index contributed by atoms with van der Waals surface area (Å²) in [5.41, 5.74) is 1.23. The molecule has 1 aromatic heterocycles. The highest BCUT2D eigenvalue weighted by Crippen LogP contribution is 2.76. The maximum Gasteiger partial charge on any atom is 0.303 e. The van der Waals surface area contributed by atoms with E-state index in [0.717, 1.165) is 61.5 Å². The number of carbonyl (C=O) groups is 4. The number of esters is 3. The van der Waals surface area contributed by atoms with E-state index in [9.17, 15) is 19.2 Å². The molecule has 0 radical (unpaired) electrons. The molecular formula is C45H60N2O7. The number of hydrogen-bond acceptors (Lipinski definition) is 8. The molecule has 5 aliphatic carbocycles. The van der Waals surface area contributed by atoms with Gasteiger partial charge < -0.3 is 19.5 Å². The van der Waals surface area contributed by atoms with Crippen LogP contribution in [0, 0.1) is 56.7 Å². The lowest BCUT2D eigenvalue weighted by Crippen LogP contribution is -2.69. The van der Waals surface area contributed by atoms with E-state index in [1.54, 1.807) is 6.20 Å². The smallest absolute Gasteiger partial charge is 0.303 e. The molecule has 0 aliphatic heterocycles. The van der Waals surface area contributed by atoms with Crippen molar-refractivity contribution in [1.82, 2.24) is 4.98 Å². The van der Waals surface area contributed by atoms with Crippen molar-refractivity contribution in [2.45, 2.75) is 126 Å². The van der Waals surface area contributed by atoms with Crippen LogP contribution in [0.15, 0.2) is 48.2 Å². The SMILES string of the molecule is CC(=O)OC[C@@]1(C)[C@@H]2CC[C@]3(C)[C@H](CC=C4[C@@H]5[C@@H](C)[C@H](C)CC[C@]5(C(=O)Nc5cccc6ncccc56)CC[C@]43C)[C@@]2(C)C[C@@H](OC(C)=O)[C@@H]1OC(C)=O. The summed E-state index contributed by atoms with van der Waals surface area (Å²) in [5, 5.41) is 4.40. The van der Waals surface area contributed by atoms with Crippen molar-refractivity contribution >= 4 is 40.4 Å². The predicted octanol–water partition coefficient (Wildman–Crippen LogP) is 8.85. The summed E-state index contributed by atoms with van der Waals surface area (Å²) in [4.78, 5) is 57.0. The van der Waals surface area contributed by atoms with Gasteiger partial charge in [-0.1, -0.05) is 59.3 Å². The van der Waals surface area contributed by atoms with Crippen molar-refractivity contribution in [3.05, 3.63) is 48.2 Å². The summed E-state index contributed by atoms with van der Waals surface area (Å²) in [6.07, 6.45) is 9.67. The van der Waals surface area contributed by atoms with Crippen molar-refractivity contribution in [2.24, 2.45) is 56.7 Å². The van der Waals surface area contributed by atoms with Gasteiger partial charge in [0.05, 0.1) is 16.6 Å². The molecule has 4 fully saturated rings. The molecule has 0 bridgehead atoms. The molecule has 1 aromatic carbocycles. The number of fused-ring (bicyclic) bond motifs is 8. The Labute approximate surface area is 320 Å². The third-order valence-electron chi connectivity index (χ3n) is 16.2. The van der Waals surface area contributed by atoms with Gasteiger partial charge in [0.15, 0.2) is 0 Å². The fourth-order valence-electron chi connectivity index (χ4n) is 13.4. The molecular weight excluding hydrogens is 681 g/mol. The maximum atomic E-state index is 14.9. The van der Waals surface area contributed by atoms with Crippen LogP contribution >= 0.6 is 0 Å². The molecule has 2 aromatic rings. The number of nitrogens with zero attached hydrogens (tertiary/aromatic N) is 1. The zero-order valence-corrected chi connectivity index (χ0v) is 33.8. The van der Waals surface area contributed by atoms with E-state index >= 15 is 0 Å². The second-order valence-electron chi connectivity index (χ2n) is 18.8. The molecule has 54 heavy (non-hydrogen) atoms. The Hall–Kier alpha value is -3.75. The van der Waals surface area contributed by atoms with Crippen molar-refractivity contribution in [3.8, 4) is 0 Å². The summed E-state index contributed by atoms with van der Waals surface area (Å²) in [7, 11) is 0. The van der Waals surface area contributed by atoms with Gasteiger partial charge in [0, 0.05) is 37.8 Å². The van der Waals surface area contributed by atoms with E-state index < -0.39 is 40.9 Å². The molecule has 5 aliphatic rings. The molecule has 0 spiro atoms. The molecule has 1 heterocycles. The van der Waals surface area contributed by atoms with Gasteiger partial charge in [-0.3, -0.25) is 24.2 Å². The molecule has 1 N–H and O–H groups in total. The van der Waals surface area contributed by atoms with E-state index in [1.807, 2.05) is 30.3 Å². The minimum Gasteiger partial charge on any atom is -0.465 e. The highest BCUT2D eigenvalue weighted by molar-refractivity contribution is 6.03. The van der Waals surface area contributed by atoms with E-state index in [1.165, 1.54) is 26.3 Å². The number of pyridine rings is 1. The highest BCUT2D eigenvalue weighted by atomic mass is 16.6. The van der Waals surface area contributed by atoms with Crippen molar-refractivity contribution in [1.29, 1.82) is 0 Å². The van der Waals surface area contributed by atoms with Gasteiger partial charge in [0.25, 0.3) is 0 Å². The van der Waals surface area contributed by atoms with E-state index in [-0.39, 0.29) is 46.5 Å². The quantitative estimate of drug-likeness (QED) is 0.177. The van der Waals surface area contributed by atoms with Crippen molar-refractivity contribution in [2.75, 3.05) is 11.9 Å². The van der Waals surface area contributed by atoms with Gasteiger partial charge in [-0.25, -0.2) is 0 Å². The van der Waals surface area contributed by atoms with Crippen molar-refractivity contribution in [3.63, 3.8) is 0 Å². The first-order chi connectivity index (χ1) is 25.4. The average Bonchev–Trinajstić information content (AvgIpc) is 3.10. The number of nitrogens with one attached hydrogen (secondary N) is 1. The first kappa shape index (κ1) is 38.5. The van der Waals surface area contributed by atoms with Crippen LogP contribution < -0.4 is 5.32 Å². The van der Waals surface area contributed by atoms with E-state index in [0.29, 0.717) is 18.3 Å². The monoisotopic (exact) mass is 740 g/mol. The van der Waals surface area contributed by atoms with Crippen LogP contribution in [0.25, 0.3) is 10.9 Å². The third-order valence-corrected chi connectivity index (χ3v) is 16.2. The molecule has 9 heteroatoms. The Kier molecular flexibility index (Phi) is 9.61. The normalized spacial score (nSPS) is 41.1. The lowest BCUT2D eigenvalue weighted by molar-refractivity contribution is -0.255. The van der Waals surface area contributed by atoms with Crippen LogP contribution in [0.1, 0.15) is 114 Å². The molecule has 9 nitrogen and oxygen atoms in total. The molecule has 0 unspecified atom stereocenters. The van der Waals surface area contributed by atoms with Gasteiger partial charge >= 0.3 is 17.9 Å². The summed E-state index contributed by atoms with van der Waals surface area (Å²) >= 11 is 0. The number of rotatable bonds is 6. The Morgan fingerprint density at radius 3 is 2.30 bits per heavy atom. The fraction of sp³-hybridized carbons (Fsp3) is 0.667. The minimum absolute atomic E-state index is 0.0365. The maximum absolute atomic E-state index is 14.9. The highest BCUT2D eigenvalue weighted by Gasteiger charge is 2.72. The predicted molar refractivity (Wildman–Crippen MR) is 207 cm³/mol. The molecule has 1 amide bonds. The Morgan fingerprint density at radius 2 is 1.59 bits per heavy atom. The lowest BCUT2D eigenvalue weighted by atomic mass is 9.33. The Balaban J connectivity index is 1.30. The third kappa shape index (κ3) is 5.72. The Morgan fingerprint density at radius 1 is 0.852 bits per heavy atom. The molecule has 0 saturated heterocycles. The number of amides is 1. The Bertz CT molecular complexity index is 1890. The zero-order chi connectivity index (χ0) is 39.0. The van der Waals surface area contributed by atoms with E-state index in [2.05, 4.69) is 57.9 Å². The first-order valence-corrected chi connectivity index (χ1v) is 20.2. The lowest BCUT2D eigenvalue weighted by Gasteiger charge is -2.72. The van der Waals surface area contributed by atoms with Gasteiger partial charge in [-0.05, 0) is 121 Å². The number of aromatic nitrogens is 1. The number of hydrogen-bond donors (Lipinski definition) is 1. The second-order valence-corrected chi connectivity index (χ2v) is 18.8. The van der Waals surface area contributed by atoms with Gasteiger partial charge in [-0.15, -0.1) is 0 Å². The topological polar surface area (TPSA) is 121 Å². The summed E-state index contributed by atoms with van der Waals surface area (Å²) < 4.78 is 17.9. The number of allylic oxidation sites excluding steroid dienone is 2. The summed E-state index contributed by atoms with van der Waals surface area (Å²) in [6, 6.07) is 9.90. The number of ether oxygens (including phenoxy) is 3. The molecule has 292 valence electrons. The van der Waals surface area contributed by atoms with Crippen LogP contribution in [0.2, 0.25) is 0 Å². The number of benzene rings is 1. The fourth-order valence-corrected chi connectivity index (χ4v) is 13.4. The van der Waals surface area contributed by atoms with Gasteiger partial charge in [0.2, 0.25) is 5.91 Å². The summed E-state index contributed by atoms with van der Waals surface area (Å²) in [5.74, 6) is 0.0417. The number of carbonyl (C=O) groups excluding carboxylic acids is 4. The van der Waals surface area contributed by atoms with Crippen LogP contribution in [0.3, 0.4) is 0 Å². The standard InChI is InChI=1S/C45H60N2O7/c1-26-17-20-45(40(51)47-34-14-10-13-33-31(34)12-11-23-46-33)22-21-43(8)32(38(45)27(26)2)15-16-37-41(6)24-35(53-29(4)49)39(54-30(5)50)42(7,25-52-28(3)48)36(41)18-19-44(37,43)9/h10-15,23,26-27,35-39H,16-22,24-25H2,1-9H3,(H,47,51)/t26-,27+,35-,36-,37-,38+,39+,41+,42+,43-,44-,45+/m1/s1. The van der Waals surface area contributed by atoms with Crippen LogP contribution in [0.5, 0.6) is 0 Å². The van der Waals surface area contributed by atoms with Crippen LogP contribution in [-0.2, 0) is 33.4 Å². The van der Waals surface area contributed by atoms with Gasteiger partial charge in [0.1, 0.15) is 18.8 Å². The summed E-state index contributed by atoms with van der Waals surface area (Å²) in [6.45, 7) is 18.4. The molecule has 12 atom stereocenters. The van der Waals surface area contributed by atoms with Gasteiger partial charge in [-0.2, -0.15) is 0 Å². The minimum atomic E-state index is -0.777. The first-order valence-electron chi connectivity index (χ1n) is 20.2. The molecule has 7 rings (SSSR count). The van der Waals surface area contributed by atoms with Crippen molar-refractivity contribution < 1.29 is 33.4 Å². The molecule has 4 saturated carbocycles. The van der Waals surface area contributed by atoms with Crippen LogP contribution in [-0.4, -0.2) is 47.6 Å². The van der Waals surface area contributed by atoms with E-state index in [4.69, 9.17) is 14.2 Å². The second kappa shape index (κ2) is 13.5. The number of anilines is 1. The zero-order valence-electron chi connectivity index (χ0n) is 33.8. The average molecular weight is 741 g/mol. The largest absolute Gasteiger partial charge is 0.465 e. The van der Waals surface area contributed by atoms with Crippen LogP contribution in [0.4, 0.5) is 5.69 Å².